The third kappa shape index (κ3) is 4.12. The summed E-state index contributed by atoms with van der Waals surface area (Å²) in [4.78, 5) is 27.3. The van der Waals surface area contributed by atoms with Crippen molar-refractivity contribution < 1.29 is 22.8 Å². The molecule has 32 heavy (non-hydrogen) atoms. The summed E-state index contributed by atoms with van der Waals surface area (Å²) >= 11 is 0. The SMILES string of the molecule is CC(C)[Si]1(C(C)C)OC[C@H]2OC(n3c(=O)cc[nH]c3=O)[C@@H](O)[C@@H]2O[Si](C(C)C)(C(C)C)O1. The number of aromatic amines is 1. The minimum absolute atomic E-state index is 0.0864. The summed E-state index contributed by atoms with van der Waals surface area (Å²) in [6.45, 7) is 17.0. The van der Waals surface area contributed by atoms with Crippen molar-refractivity contribution in [2.45, 2.75) is 102 Å². The largest absolute Gasteiger partial charge is 0.414 e. The third-order valence-corrected chi connectivity index (χ3v) is 17.0. The van der Waals surface area contributed by atoms with Crippen LogP contribution in [0.25, 0.3) is 0 Å². The molecule has 0 radical (unpaired) electrons. The van der Waals surface area contributed by atoms with Gasteiger partial charge in [-0.1, -0.05) is 55.4 Å². The van der Waals surface area contributed by atoms with E-state index in [0.717, 1.165) is 4.57 Å². The van der Waals surface area contributed by atoms with Gasteiger partial charge in [-0.3, -0.25) is 4.79 Å². The van der Waals surface area contributed by atoms with E-state index in [1.807, 2.05) is 0 Å². The van der Waals surface area contributed by atoms with E-state index in [4.69, 9.17) is 17.7 Å². The summed E-state index contributed by atoms with van der Waals surface area (Å²) in [5.41, 5.74) is -0.667. The number of nitrogens with one attached hydrogen (secondary N) is 1. The summed E-state index contributed by atoms with van der Waals surface area (Å²) in [7, 11) is -5.69. The maximum absolute atomic E-state index is 12.4. The van der Waals surface area contributed by atoms with Gasteiger partial charge in [-0.25, -0.2) is 9.36 Å². The van der Waals surface area contributed by atoms with Crippen LogP contribution in [0.1, 0.15) is 61.6 Å². The van der Waals surface area contributed by atoms with E-state index >= 15 is 0 Å². The quantitative estimate of drug-likeness (QED) is 0.616. The fourth-order valence-electron chi connectivity index (χ4n) is 5.03. The summed E-state index contributed by atoms with van der Waals surface area (Å²) in [5.74, 6) is 0. The molecule has 1 aromatic rings. The van der Waals surface area contributed by atoms with Crippen LogP contribution < -0.4 is 11.2 Å². The molecule has 2 aliphatic heterocycles. The van der Waals surface area contributed by atoms with Crippen LogP contribution in [0.2, 0.25) is 22.2 Å². The molecule has 11 heteroatoms. The Morgan fingerprint density at radius 3 is 2.06 bits per heavy atom. The van der Waals surface area contributed by atoms with Crippen LogP contribution in [-0.4, -0.2) is 56.7 Å². The second kappa shape index (κ2) is 9.28. The number of hydrogen-bond donors (Lipinski definition) is 2. The average molecular weight is 487 g/mol. The number of aliphatic hydroxyl groups is 1. The fraction of sp³-hybridized carbons (Fsp3) is 0.810. The molecule has 182 valence electrons. The van der Waals surface area contributed by atoms with E-state index in [-0.39, 0.29) is 28.8 Å². The maximum Gasteiger partial charge on any atom is 0.335 e. The number of H-pyrrole nitrogens is 1. The first-order valence-corrected chi connectivity index (χ1v) is 15.5. The summed E-state index contributed by atoms with van der Waals surface area (Å²) in [5, 5.41) is 11.2. The highest BCUT2D eigenvalue weighted by atomic mass is 28.5. The van der Waals surface area contributed by atoms with Gasteiger partial charge in [-0.05, 0) is 22.2 Å². The van der Waals surface area contributed by atoms with Crippen LogP contribution in [0.4, 0.5) is 0 Å². The van der Waals surface area contributed by atoms with Crippen LogP contribution >= 0.6 is 0 Å². The lowest BCUT2D eigenvalue weighted by Gasteiger charge is -2.51. The van der Waals surface area contributed by atoms with Crippen molar-refractivity contribution in [3.8, 4) is 0 Å². The minimum atomic E-state index is -2.94. The average Bonchev–Trinajstić information content (AvgIpc) is 2.96. The Hall–Kier alpha value is -1.09. The monoisotopic (exact) mass is 486 g/mol. The number of aliphatic hydroxyl groups excluding tert-OH is 1. The molecule has 0 amide bonds. The van der Waals surface area contributed by atoms with E-state index in [1.54, 1.807) is 0 Å². The zero-order chi connectivity index (χ0) is 24.0. The van der Waals surface area contributed by atoms with Gasteiger partial charge < -0.3 is 27.8 Å². The lowest BCUT2D eigenvalue weighted by Crippen LogP contribution is -2.65. The van der Waals surface area contributed by atoms with E-state index < -0.39 is 52.9 Å². The van der Waals surface area contributed by atoms with Crippen LogP contribution in [0.5, 0.6) is 0 Å². The van der Waals surface area contributed by atoms with Gasteiger partial charge in [0.05, 0.1) is 6.61 Å². The number of ether oxygens (including phenoxy) is 1. The lowest BCUT2D eigenvalue weighted by atomic mass is 10.1. The Labute approximate surface area is 191 Å². The van der Waals surface area contributed by atoms with Crippen LogP contribution in [0, 0.1) is 0 Å². The molecule has 0 aliphatic carbocycles. The van der Waals surface area contributed by atoms with Crippen LogP contribution in [0.3, 0.4) is 0 Å². The number of aromatic nitrogens is 2. The molecular formula is C21H38N2O7Si2. The molecule has 3 rings (SSSR count). The molecule has 2 N–H and O–H groups in total. The highest BCUT2D eigenvalue weighted by molar-refractivity contribution is 6.83. The molecule has 0 aromatic carbocycles. The highest BCUT2D eigenvalue weighted by Gasteiger charge is 2.61. The van der Waals surface area contributed by atoms with Gasteiger partial charge in [0.25, 0.3) is 5.56 Å². The van der Waals surface area contributed by atoms with Crippen molar-refractivity contribution in [1.29, 1.82) is 0 Å². The topological polar surface area (TPSA) is 112 Å². The summed E-state index contributed by atoms with van der Waals surface area (Å²) in [6, 6.07) is 1.23. The highest BCUT2D eigenvalue weighted by Crippen LogP contribution is 2.48. The van der Waals surface area contributed by atoms with Crippen molar-refractivity contribution in [3.63, 3.8) is 0 Å². The first-order valence-electron chi connectivity index (χ1n) is 11.5. The van der Waals surface area contributed by atoms with Gasteiger partial charge in [-0.2, -0.15) is 0 Å². The van der Waals surface area contributed by atoms with E-state index in [1.165, 1.54) is 12.3 Å². The fourth-order valence-corrected chi connectivity index (χ4v) is 16.2. The van der Waals surface area contributed by atoms with Gasteiger partial charge in [0.1, 0.15) is 18.3 Å². The van der Waals surface area contributed by atoms with Gasteiger partial charge >= 0.3 is 22.8 Å². The number of hydrogen-bond acceptors (Lipinski definition) is 7. The molecular weight excluding hydrogens is 448 g/mol. The van der Waals surface area contributed by atoms with E-state index in [9.17, 15) is 14.7 Å². The van der Waals surface area contributed by atoms with Gasteiger partial charge in [-0.15, -0.1) is 0 Å². The molecule has 4 atom stereocenters. The van der Waals surface area contributed by atoms with Crippen molar-refractivity contribution in [2.75, 3.05) is 6.61 Å². The first kappa shape index (κ1) is 25.5. The summed E-state index contributed by atoms with van der Waals surface area (Å²) < 4.78 is 27.5. The summed E-state index contributed by atoms with van der Waals surface area (Å²) in [6.07, 6.45) is -2.50. The minimum Gasteiger partial charge on any atom is -0.414 e. The third-order valence-electron chi connectivity index (χ3n) is 6.78. The second-order valence-electron chi connectivity index (χ2n) is 10.1. The van der Waals surface area contributed by atoms with Crippen molar-refractivity contribution in [3.05, 3.63) is 33.1 Å². The molecule has 9 nitrogen and oxygen atoms in total. The molecule has 2 fully saturated rings. The Balaban J connectivity index is 2.11. The second-order valence-corrected chi connectivity index (χ2v) is 18.9. The molecule has 1 aromatic heterocycles. The molecule has 0 spiro atoms. The van der Waals surface area contributed by atoms with E-state index in [0.29, 0.717) is 0 Å². The smallest absolute Gasteiger partial charge is 0.335 e. The molecule has 2 aliphatic rings. The van der Waals surface area contributed by atoms with Crippen molar-refractivity contribution in [2.24, 2.45) is 0 Å². The Bertz CT molecular complexity index is 870. The molecule has 2 saturated heterocycles. The van der Waals surface area contributed by atoms with E-state index in [2.05, 4.69) is 60.4 Å². The zero-order valence-electron chi connectivity index (χ0n) is 20.3. The standard InChI is InChI=1S/C21H38N2O7Si2/c1-12(2)31(13(3)4)27-11-16-19(29-32(30-31,14(5)6)15(7)8)18(25)20(28-16)23-17(24)9-10-22-21(23)26/h9-10,12-16,18-20,25H,11H2,1-8H3,(H,22,26)/t16-,18+,19-,20?/m1/s1. The maximum atomic E-state index is 12.4. The van der Waals surface area contributed by atoms with Crippen LogP contribution in [-0.2, 0) is 17.7 Å². The Morgan fingerprint density at radius 1 is 1.00 bits per heavy atom. The number of fused-ring (bicyclic) bond motifs is 1. The van der Waals surface area contributed by atoms with Gasteiger partial charge in [0.15, 0.2) is 6.23 Å². The number of rotatable bonds is 5. The van der Waals surface area contributed by atoms with Crippen molar-refractivity contribution >= 4 is 17.1 Å². The lowest BCUT2D eigenvalue weighted by molar-refractivity contribution is -0.0612. The normalized spacial score (nSPS) is 30.0. The van der Waals surface area contributed by atoms with Crippen molar-refractivity contribution in [1.82, 2.24) is 9.55 Å². The molecule has 1 unspecified atom stereocenters. The first-order chi connectivity index (χ1) is 14.9. The van der Waals surface area contributed by atoms with Gasteiger partial charge in [0.2, 0.25) is 0 Å². The number of nitrogens with zero attached hydrogens (tertiary/aromatic N) is 1. The zero-order valence-corrected chi connectivity index (χ0v) is 22.3. The Kier molecular flexibility index (Phi) is 7.40. The molecule has 0 saturated carbocycles. The Morgan fingerprint density at radius 2 is 1.56 bits per heavy atom. The van der Waals surface area contributed by atoms with Crippen LogP contribution in [0.15, 0.2) is 21.9 Å². The predicted octanol–water partition coefficient (Wildman–Crippen LogP) is 2.75. The molecule has 3 heterocycles. The molecule has 0 bridgehead atoms. The van der Waals surface area contributed by atoms with Gasteiger partial charge in [0, 0.05) is 12.3 Å². The predicted molar refractivity (Wildman–Crippen MR) is 125 cm³/mol.